The van der Waals surface area contributed by atoms with Crippen molar-refractivity contribution in [1.82, 2.24) is 25.1 Å². The average Bonchev–Trinajstić information content (AvgIpc) is 3.47. The zero-order chi connectivity index (χ0) is 30.1. The predicted octanol–water partition coefficient (Wildman–Crippen LogP) is -2.30. The monoisotopic (exact) mass is 626 g/mol. The number of carboxylic acids is 1. The van der Waals surface area contributed by atoms with Crippen LogP contribution in [-0.2, 0) is 43.2 Å². The molecule has 17 nitrogen and oxygen atoms in total. The highest BCUT2D eigenvalue weighted by Crippen LogP contribution is 2.40. The number of carbonyl (C=O) groups is 3. The van der Waals surface area contributed by atoms with Gasteiger partial charge in [0.05, 0.1) is 16.9 Å². The molecule has 0 saturated carbocycles. The van der Waals surface area contributed by atoms with Crippen LogP contribution in [0, 0.1) is 0 Å². The fourth-order valence-corrected chi connectivity index (χ4v) is 6.09. The Hall–Kier alpha value is -4.11. The van der Waals surface area contributed by atoms with Crippen molar-refractivity contribution in [3.05, 3.63) is 46.6 Å². The van der Waals surface area contributed by atoms with Gasteiger partial charge in [0, 0.05) is 16.7 Å². The van der Waals surface area contributed by atoms with Crippen LogP contribution < -0.4 is 20.8 Å². The van der Waals surface area contributed by atoms with Crippen molar-refractivity contribution in [3.8, 4) is 0 Å². The van der Waals surface area contributed by atoms with E-state index < -0.39 is 39.6 Å². The molecule has 1 aromatic carbocycles. The number of aromatic nitrogens is 4. The molecule has 1 saturated heterocycles. The molecule has 5 N–H and O–H groups in total. The van der Waals surface area contributed by atoms with Crippen LogP contribution in [0.25, 0.3) is 11.0 Å². The van der Waals surface area contributed by atoms with E-state index in [1.165, 1.54) is 18.9 Å². The van der Waals surface area contributed by atoms with Crippen LogP contribution in [0.5, 0.6) is 0 Å². The number of oxime groups is 1. The van der Waals surface area contributed by atoms with E-state index in [0.717, 1.165) is 27.3 Å². The molecule has 0 spiro atoms. The molecular formula is C21H22N8O9S3. The van der Waals surface area contributed by atoms with Crippen LogP contribution in [-0.4, -0.2) is 85.1 Å². The fourth-order valence-electron chi connectivity index (χ4n) is 4.21. The molecule has 2 aliphatic heterocycles. The lowest BCUT2D eigenvalue weighted by atomic mass is 10.0. The molecule has 20 heteroatoms. The molecule has 0 bridgehead atoms. The topological polar surface area (TPSA) is 246 Å². The summed E-state index contributed by atoms with van der Waals surface area (Å²) in [5.41, 5.74) is 7.70. The third kappa shape index (κ3) is 6.46. The Balaban J connectivity index is 0.000000714. The number of thiazole rings is 1. The molecule has 2 aliphatic rings. The SMILES string of the molecule is CO/N=C(/C(=O)N[C@@H]1C(=O)N2C(C(=O)[O-])=C(Cn3n[n+](C)c4ccccc43)CS[C@H]12)c1csc(N)n1.O=S(=O)(O)O. The van der Waals surface area contributed by atoms with Crippen molar-refractivity contribution < 1.29 is 46.5 Å². The van der Waals surface area contributed by atoms with Gasteiger partial charge in [0.15, 0.2) is 21.9 Å². The summed E-state index contributed by atoms with van der Waals surface area (Å²) in [4.78, 5) is 48.0. The molecular weight excluding hydrogens is 604 g/mol. The van der Waals surface area contributed by atoms with E-state index in [1.54, 1.807) is 21.8 Å². The Morgan fingerprint density at radius 1 is 1.34 bits per heavy atom. The molecule has 0 aliphatic carbocycles. The minimum atomic E-state index is -4.67. The van der Waals surface area contributed by atoms with E-state index in [0.29, 0.717) is 11.3 Å². The summed E-state index contributed by atoms with van der Waals surface area (Å²) >= 11 is 2.47. The summed E-state index contributed by atoms with van der Waals surface area (Å²) in [7, 11) is -1.59. The summed E-state index contributed by atoms with van der Waals surface area (Å²) in [6, 6.07) is 6.59. The number of hydrogen-bond acceptors (Lipinski definition) is 13. The van der Waals surface area contributed by atoms with Gasteiger partial charge in [-0.05, 0) is 12.1 Å². The van der Waals surface area contributed by atoms with Gasteiger partial charge in [-0.2, -0.15) is 8.42 Å². The number of anilines is 1. The molecule has 218 valence electrons. The highest BCUT2D eigenvalue weighted by molar-refractivity contribution is 8.00. The number of β-lactam (4-membered cyclic amide) rings is 1. The number of amides is 2. The van der Waals surface area contributed by atoms with E-state index >= 15 is 0 Å². The maximum absolute atomic E-state index is 13.0. The lowest BCUT2D eigenvalue weighted by molar-refractivity contribution is -0.709. The Kier molecular flexibility index (Phi) is 8.58. The van der Waals surface area contributed by atoms with Crippen molar-refractivity contribution in [2.75, 3.05) is 18.6 Å². The Bertz CT molecular complexity index is 1690. The second-order valence-corrected chi connectivity index (χ2v) is 11.3. The molecule has 2 amide bonds. The normalized spacial score (nSPS) is 18.8. The number of rotatable bonds is 7. The van der Waals surface area contributed by atoms with E-state index in [1.807, 2.05) is 24.3 Å². The number of nitrogen functional groups attached to an aromatic ring is 1. The number of fused-ring (bicyclic) bond motifs is 2. The van der Waals surface area contributed by atoms with Gasteiger partial charge in [0.1, 0.15) is 37.8 Å². The zero-order valence-electron chi connectivity index (χ0n) is 21.2. The molecule has 3 aromatic rings. The van der Waals surface area contributed by atoms with Gasteiger partial charge in [-0.25, -0.2) is 4.98 Å². The minimum absolute atomic E-state index is 0.146. The maximum atomic E-state index is 13.0. The average molecular weight is 627 g/mol. The Labute approximate surface area is 239 Å². The number of carboxylic acid groups (broad SMARTS) is 1. The second-order valence-electron chi connectivity index (χ2n) is 8.40. The van der Waals surface area contributed by atoms with Crippen LogP contribution in [0.15, 0.2) is 46.1 Å². The number of aryl methyl sites for hydroxylation is 1. The molecule has 2 aromatic heterocycles. The first-order valence-electron chi connectivity index (χ1n) is 11.3. The standard InChI is InChI=1S/C21H20N8O5S2.H2O4S/c1-27-12-5-3-4-6-13(12)28(26-27)7-10-8-35-19-15(18(31)29(19)16(10)20(32)33)24-17(30)14(25-34-2)11-9-36-21(22)23-11;1-5(2,3)4/h3-6,9,15,19H,7-8H2,1-2H3,(H3-,22,23,24,30,32,33);(H2,1,2,3,4)/b25-14+;/t15-,19-;/m1./s1. The summed E-state index contributed by atoms with van der Waals surface area (Å²) in [5, 5.41) is 24.1. The Morgan fingerprint density at radius 2 is 2.02 bits per heavy atom. The summed E-state index contributed by atoms with van der Waals surface area (Å²) in [6.07, 6.45) is 0. The fraction of sp³-hybridized carbons (Fsp3) is 0.286. The van der Waals surface area contributed by atoms with E-state index in [4.69, 9.17) is 28.1 Å². The lowest BCUT2D eigenvalue weighted by Gasteiger charge is -2.50. The first kappa shape index (κ1) is 29.9. The predicted molar refractivity (Wildman–Crippen MR) is 142 cm³/mol. The summed E-state index contributed by atoms with van der Waals surface area (Å²) in [5.74, 6) is -2.42. The second kappa shape index (κ2) is 11.8. The number of para-hydroxylation sites is 2. The van der Waals surface area contributed by atoms with Gasteiger partial charge >= 0.3 is 10.4 Å². The number of aliphatic carboxylic acids is 1. The molecule has 41 heavy (non-hydrogen) atoms. The van der Waals surface area contributed by atoms with Crippen molar-refractivity contribution in [2.24, 2.45) is 12.2 Å². The maximum Gasteiger partial charge on any atom is 0.394 e. The molecule has 5 rings (SSSR count). The zero-order valence-corrected chi connectivity index (χ0v) is 23.6. The highest BCUT2D eigenvalue weighted by atomic mass is 32.3. The van der Waals surface area contributed by atoms with Gasteiger partial charge in [-0.15, -0.1) is 32.5 Å². The number of nitrogens with zero attached hydrogens (tertiary/aromatic N) is 6. The van der Waals surface area contributed by atoms with Gasteiger partial charge < -0.3 is 25.8 Å². The quantitative estimate of drug-likeness (QED) is 0.0709. The molecule has 0 radical (unpaired) electrons. The third-order valence-corrected chi connectivity index (χ3v) is 7.79. The van der Waals surface area contributed by atoms with E-state index in [2.05, 4.69) is 20.7 Å². The van der Waals surface area contributed by atoms with Crippen molar-refractivity contribution in [3.63, 3.8) is 0 Å². The van der Waals surface area contributed by atoms with Gasteiger partial charge in [0.25, 0.3) is 11.8 Å². The largest absolute Gasteiger partial charge is 0.543 e. The number of carbonyl (C=O) groups excluding carboxylic acids is 3. The third-order valence-electron chi connectivity index (χ3n) is 5.78. The smallest absolute Gasteiger partial charge is 0.394 e. The first-order valence-corrected chi connectivity index (χ1v) is 14.7. The number of nitrogens with two attached hydrogens (primary N) is 1. The van der Waals surface area contributed by atoms with Crippen LogP contribution in [0.2, 0.25) is 0 Å². The minimum Gasteiger partial charge on any atom is -0.543 e. The molecule has 2 atom stereocenters. The van der Waals surface area contributed by atoms with Gasteiger partial charge in [0.2, 0.25) is 0 Å². The number of benzene rings is 1. The van der Waals surface area contributed by atoms with Crippen LogP contribution in [0.3, 0.4) is 0 Å². The molecule has 4 heterocycles. The van der Waals surface area contributed by atoms with Crippen LogP contribution in [0.4, 0.5) is 5.13 Å². The van der Waals surface area contributed by atoms with Gasteiger partial charge in [-0.1, -0.05) is 17.3 Å². The molecule has 1 fully saturated rings. The van der Waals surface area contributed by atoms with E-state index in [-0.39, 0.29) is 28.8 Å². The van der Waals surface area contributed by atoms with Crippen molar-refractivity contribution >= 4 is 73.2 Å². The van der Waals surface area contributed by atoms with Crippen LogP contribution >= 0.6 is 23.1 Å². The Morgan fingerprint density at radius 3 is 2.63 bits per heavy atom. The van der Waals surface area contributed by atoms with Crippen molar-refractivity contribution in [1.29, 1.82) is 0 Å². The molecule has 0 unspecified atom stereocenters. The van der Waals surface area contributed by atoms with Crippen molar-refractivity contribution in [2.45, 2.75) is 18.0 Å². The first-order chi connectivity index (χ1) is 19.3. The number of hydrogen-bond donors (Lipinski definition) is 4. The van der Waals surface area contributed by atoms with E-state index in [9.17, 15) is 19.5 Å². The summed E-state index contributed by atoms with van der Waals surface area (Å²) < 4.78 is 35.0. The lowest BCUT2D eigenvalue weighted by Crippen LogP contribution is -2.71. The highest BCUT2D eigenvalue weighted by Gasteiger charge is 2.53. The number of nitrogens with one attached hydrogen (secondary N) is 1. The van der Waals surface area contributed by atoms with Crippen LogP contribution in [0.1, 0.15) is 5.69 Å². The van der Waals surface area contributed by atoms with Gasteiger partial charge in [-0.3, -0.25) is 23.6 Å². The summed E-state index contributed by atoms with van der Waals surface area (Å²) in [6.45, 7) is 0.168. The number of thioether (sulfide) groups is 1.